The van der Waals surface area contributed by atoms with Crippen molar-refractivity contribution in [1.82, 2.24) is 9.38 Å². The average molecular weight is 436 g/mol. The van der Waals surface area contributed by atoms with Gasteiger partial charge in [-0.1, -0.05) is 25.1 Å². The number of nitrogens with zero attached hydrogens (tertiary/aromatic N) is 3. The van der Waals surface area contributed by atoms with Crippen molar-refractivity contribution in [1.29, 1.82) is 0 Å². The minimum absolute atomic E-state index is 0.0455. The second kappa shape index (κ2) is 9.22. The van der Waals surface area contributed by atoms with Crippen molar-refractivity contribution < 1.29 is 14.3 Å². The van der Waals surface area contributed by atoms with Gasteiger partial charge in [-0.3, -0.25) is 14.1 Å². The molecular formula is C24H25N3O3S. The molecule has 0 aliphatic carbocycles. The Kier molecular flexibility index (Phi) is 6.23. The van der Waals surface area contributed by atoms with Crippen LogP contribution in [0.1, 0.15) is 27.9 Å². The molecule has 0 unspecified atom stereocenters. The molecule has 0 fully saturated rings. The quantitative estimate of drug-likeness (QED) is 0.396. The number of hydrogen-bond acceptors (Lipinski definition) is 5. The van der Waals surface area contributed by atoms with Gasteiger partial charge in [-0.2, -0.15) is 0 Å². The Hall–Kier alpha value is -3.32. The molecule has 4 rings (SSSR count). The highest BCUT2D eigenvalue weighted by molar-refractivity contribution is 7.12. The lowest BCUT2D eigenvalue weighted by atomic mass is 10.1. The summed E-state index contributed by atoms with van der Waals surface area (Å²) in [6, 6.07) is 15.5. The highest BCUT2D eigenvalue weighted by Gasteiger charge is 2.23. The van der Waals surface area contributed by atoms with Gasteiger partial charge < -0.3 is 9.47 Å². The van der Waals surface area contributed by atoms with E-state index in [9.17, 15) is 4.79 Å². The van der Waals surface area contributed by atoms with E-state index in [2.05, 4.69) is 6.07 Å². The zero-order chi connectivity index (χ0) is 21.8. The Morgan fingerprint density at radius 3 is 2.81 bits per heavy atom. The Bertz CT molecular complexity index is 1180. The molecule has 1 amide bonds. The molecular weight excluding hydrogens is 410 g/mol. The van der Waals surface area contributed by atoms with Gasteiger partial charge in [-0.15, -0.1) is 11.3 Å². The van der Waals surface area contributed by atoms with E-state index in [1.165, 1.54) is 11.3 Å². The van der Waals surface area contributed by atoms with Crippen LogP contribution in [-0.2, 0) is 12.8 Å². The smallest absolute Gasteiger partial charge is 0.269 e. The zero-order valence-corrected chi connectivity index (χ0v) is 18.7. The number of benzene rings is 1. The maximum absolute atomic E-state index is 12.9. The molecule has 0 saturated heterocycles. The van der Waals surface area contributed by atoms with E-state index in [0.717, 1.165) is 29.2 Å². The predicted molar refractivity (Wildman–Crippen MR) is 124 cm³/mol. The maximum Gasteiger partial charge on any atom is 0.269 e. The van der Waals surface area contributed by atoms with Crippen LogP contribution >= 0.6 is 11.3 Å². The van der Waals surface area contributed by atoms with Crippen LogP contribution in [0.2, 0.25) is 0 Å². The lowest BCUT2D eigenvalue weighted by Crippen LogP contribution is -2.27. The van der Waals surface area contributed by atoms with Gasteiger partial charge in [0.1, 0.15) is 11.6 Å². The first-order chi connectivity index (χ1) is 15.1. The second-order valence-corrected chi connectivity index (χ2v) is 8.04. The summed E-state index contributed by atoms with van der Waals surface area (Å²) in [6.07, 6.45) is 3.38. The van der Waals surface area contributed by atoms with Crippen molar-refractivity contribution in [2.45, 2.75) is 19.8 Å². The molecule has 7 heteroatoms. The second-order valence-electron chi connectivity index (χ2n) is 7.09. The highest BCUT2D eigenvalue weighted by atomic mass is 32.1. The maximum atomic E-state index is 12.9. The molecule has 160 valence electrons. The molecule has 0 radical (unpaired) electrons. The molecule has 0 bridgehead atoms. The number of carbonyl (C=O) groups excluding carboxylic acids is 1. The van der Waals surface area contributed by atoms with E-state index in [4.69, 9.17) is 14.5 Å². The number of imidazole rings is 1. The van der Waals surface area contributed by atoms with Gasteiger partial charge in [0.25, 0.3) is 5.91 Å². The average Bonchev–Trinajstić information content (AvgIpc) is 3.46. The Morgan fingerprint density at radius 1 is 1.19 bits per heavy atom. The summed E-state index contributed by atoms with van der Waals surface area (Å²) in [6.45, 7) is 2.55. The summed E-state index contributed by atoms with van der Waals surface area (Å²) in [7, 11) is 3.46. The van der Waals surface area contributed by atoms with E-state index >= 15 is 0 Å². The molecule has 0 saturated carbocycles. The number of thiophene rings is 1. The molecule has 6 nitrogen and oxygen atoms in total. The minimum atomic E-state index is -0.0455. The van der Waals surface area contributed by atoms with E-state index in [1.54, 1.807) is 19.1 Å². The summed E-state index contributed by atoms with van der Waals surface area (Å²) in [5.41, 5.74) is 2.72. The number of pyridine rings is 1. The number of ether oxygens (including phenoxy) is 2. The molecule has 1 aromatic carbocycles. The van der Waals surface area contributed by atoms with E-state index in [-0.39, 0.29) is 5.91 Å². The topological polar surface area (TPSA) is 56.1 Å². The van der Waals surface area contributed by atoms with Crippen molar-refractivity contribution in [2.75, 3.05) is 25.7 Å². The van der Waals surface area contributed by atoms with Gasteiger partial charge in [0.15, 0.2) is 11.4 Å². The van der Waals surface area contributed by atoms with Crippen LogP contribution in [0.15, 0.2) is 60.1 Å². The van der Waals surface area contributed by atoms with Gasteiger partial charge in [0.2, 0.25) is 0 Å². The third-order valence-electron chi connectivity index (χ3n) is 5.13. The number of carbonyl (C=O) groups is 1. The van der Waals surface area contributed by atoms with E-state index in [1.807, 2.05) is 65.4 Å². The van der Waals surface area contributed by atoms with Crippen LogP contribution in [0, 0.1) is 0 Å². The molecule has 31 heavy (non-hydrogen) atoms. The number of amides is 1. The lowest BCUT2D eigenvalue weighted by molar-refractivity contribution is 0.0995. The van der Waals surface area contributed by atoms with Crippen molar-refractivity contribution in [3.05, 3.63) is 76.2 Å². The number of anilines is 1. The summed E-state index contributed by atoms with van der Waals surface area (Å²) in [5, 5.41) is 1.91. The van der Waals surface area contributed by atoms with E-state index < -0.39 is 0 Å². The van der Waals surface area contributed by atoms with Crippen LogP contribution < -0.4 is 14.4 Å². The van der Waals surface area contributed by atoms with Gasteiger partial charge >= 0.3 is 0 Å². The third-order valence-corrected chi connectivity index (χ3v) is 5.99. The first-order valence-electron chi connectivity index (χ1n) is 10.2. The summed E-state index contributed by atoms with van der Waals surface area (Å²) in [4.78, 5) is 20.1. The van der Waals surface area contributed by atoms with Crippen LogP contribution in [0.3, 0.4) is 0 Å². The van der Waals surface area contributed by atoms with Crippen LogP contribution in [0.5, 0.6) is 11.5 Å². The number of fused-ring (bicyclic) bond motifs is 1. The molecule has 0 aliphatic rings. The number of methoxy groups -OCH3 is 1. The first kappa shape index (κ1) is 20.9. The largest absolute Gasteiger partial charge is 0.497 e. The fourth-order valence-corrected chi connectivity index (χ4v) is 4.25. The fraction of sp³-hybridized carbons (Fsp3) is 0.250. The Labute approximate surface area is 185 Å². The number of aryl methyl sites for hydroxylation is 1. The number of hydrogen-bond donors (Lipinski definition) is 0. The summed E-state index contributed by atoms with van der Waals surface area (Å²) in [5.74, 6) is 2.26. The van der Waals surface area contributed by atoms with E-state index in [0.29, 0.717) is 29.3 Å². The fourth-order valence-electron chi connectivity index (χ4n) is 3.55. The van der Waals surface area contributed by atoms with Crippen LogP contribution in [-0.4, -0.2) is 36.1 Å². The predicted octanol–water partition coefficient (Wildman–Crippen LogP) is 4.86. The molecule has 3 heterocycles. The monoisotopic (exact) mass is 435 g/mol. The molecule has 0 spiro atoms. The molecule has 0 aliphatic heterocycles. The van der Waals surface area contributed by atoms with Crippen LogP contribution in [0.25, 0.3) is 5.65 Å². The minimum Gasteiger partial charge on any atom is -0.497 e. The standard InChI is InChI=1S/C24H25N3O3S/c1-4-19-23(26(2)24(28)21-11-7-15-31-21)27-13-6-10-20(22(27)25-19)30-14-12-17-8-5-9-18(16-17)29-3/h5-11,13,15-16H,4,12,14H2,1-3H3. The Morgan fingerprint density at radius 2 is 2.06 bits per heavy atom. The zero-order valence-electron chi connectivity index (χ0n) is 17.9. The highest BCUT2D eigenvalue weighted by Crippen LogP contribution is 2.29. The third kappa shape index (κ3) is 4.27. The lowest BCUT2D eigenvalue weighted by Gasteiger charge is -2.17. The number of rotatable bonds is 8. The van der Waals surface area contributed by atoms with Gasteiger partial charge in [0, 0.05) is 19.7 Å². The number of aromatic nitrogens is 2. The first-order valence-corrected chi connectivity index (χ1v) is 11.1. The van der Waals surface area contributed by atoms with Crippen molar-refractivity contribution >= 4 is 28.7 Å². The van der Waals surface area contributed by atoms with Crippen molar-refractivity contribution in [2.24, 2.45) is 0 Å². The van der Waals surface area contributed by atoms with Gasteiger partial charge in [-0.25, -0.2) is 4.98 Å². The van der Waals surface area contributed by atoms with Crippen LogP contribution in [0.4, 0.5) is 5.82 Å². The SMILES string of the molecule is CCc1nc2c(OCCc3cccc(OC)c3)cccn2c1N(C)C(=O)c1cccs1. The molecule has 0 atom stereocenters. The van der Waals surface area contributed by atoms with Gasteiger partial charge in [0.05, 0.1) is 24.3 Å². The summed E-state index contributed by atoms with van der Waals surface area (Å²) < 4.78 is 13.3. The molecule has 0 N–H and O–H groups in total. The normalized spacial score (nSPS) is 10.9. The van der Waals surface area contributed by atoms with Crippen molar-refractivity contribution in [3.8, 4) is 11.5 Å². The van der Waals surface area contributed by atoms with Crippen molar-refractivity contribution in [3.63, 3.8) is 0 Å². The molecule has 4 aromatic rings. The van der Waals surface area contributed by atoms with Gasteiger partial charge in [-0.05, 0) is 47.7 Å². The summed E-state index contributed by atoms with van der Waals surface area (Å²) >= 11 is 1.44. The Balaban J connectivity index is 1.59. The molecule has 3 aromatic heterocycles.